The summed E-state index contributed by atoms with van der Waals surface area (Å²) in [6.45, 7) is 0. The van der Waals surface area contributed by atoms with Gasteiger partial charge < -0.3 is 0 Å². The van der Waals surface area contributed by atoms with Gasteiger partial charge >= 0.3 is 0 Å². The summed E-state index contributed by atoms with van der Waals surface area (Å²) in [5, 5.41) is 7.66. The molecule has 1 saturated heterocycles. The lowest BCUT2D eigenvalue weighted by Gasteiger charge is -2.25. The normalized spacial score (nSPS) is 19.4. The largest absolute Gasteiger partial charge is 0.239 e. The Bertz CT molecular complexity index is 700. The summed E-state index contributed by atoms with van der Waals surface area (Å²) in [5.74, 6) is -0.518. The third-order valence-corrected chi connectivity index (χ3v) is 4.83. The smallest absolute Gasteiger partial charge is 0.154 e. The Morgan fingerprint density at radius 2 is 2.12 bits per heavy atom. The van der Waals surface area contributed by atoms with E-state index >= 15 is 0 Å². The van der Waals surface area contributed by atoms with Gasteiger partial charge in [0.05, 0.1) is 28.1 Å². The zero-order chi connectivity index (χ0) is 12.2. The van der Waals surface area contributed by atoms with Crippen LogP contribution < -0.4 is 0 Å². The minimum absolute atomic E-state index is 0.0224. The molecule has 0 spiro atoms. The number of rotatable bonds is 1. The molecule has 0 amide bonds. The number of hydrogen-bond donors (Lipinski definition) is 0. The number of fused-ring (bicyclic) bond motifs is 1. The van der Waals surface area contributed by atoms with Crippen molar-refractivity contribution in [2.75, 3.05) is 11.5 Å². The first kappa shape index (κ1) is 10.9. The molecule has 3 rings (SSSR count). The lowest BCUT2D eigenvalue weighted by molar-refractivity contribution is 0.473. The number of sulfone groups is 1. The zero-order valence-corrected chi connectivity index (χ0v) is 10.0. The van der Waals surface area contributed by atoms with Crippen molar-refractivity contribution in [3.05, 3.63) is 23.0 Å². The maximum absolute atomic E-state index is 13.3. The summed E-state index contributed by atoms with van der Waals surface area (Å²) >= 11 is 5.62. The number of halogens is 2. The number of hydrogen-bond acceptors (Lipinski definition) is 4. The molecule has 0 bridgehead atoms. The molecule has 0 aliphatic carbocycles. The standard InChI is InChI=1S/C9H7ClFN3O2S/c10-6-1-8-9(2-7(6)11)14(13-12-8)5-3-17(15,16)4-5/h1-2,5H,3-4H2. The van der Waals surface area contributed by atoms with E-state index in [1.54, 1.807) is 0 Å². The van der Waals surface area contributed by atoms with Crippen LogP contribution in [0.5, 0.6) is 0 Å². The fourth-order valence-corrected chi connectivity index (χ4v) is 3.40. The molecule has 8 heteroatoms. The molecule has 0 radical (unpaired) electrons. The second-order valence-electron chi connectivity index (χ2n) is 4.02. The van der Waals surface area contributed by atoms with E-state index < -0.39 is 15.7 Å². The first-order valence-electron chi connectivity index (χ1n) is 4.87. The SMILES string of the molecule is O=S1(=O)CC(n2nnc3cc(Cl)c(F)cc32)C1. The van der Waals surface area contributed by atoms with Gasteiger partial charge in [0.2, 0.25) is 0 Å². The van der Waals surface area contributed by atoms with Crippen LogP contribution in [0.3, 0.4) is 0 Å². The summed E-state index contributed by atoms with van der Waals surface area (Å²) in [5.41, 5.74) is 0.924. The van der Waals surface area contributed by atoms with E-state index in [9.17, 15) is 12.8 Å². The molecule has 1 aromatic carbocycles. The highest BCUT2D eigenvalue weighted by molar-refractivity contribution is 7.92. The quantitative estimate of drug-likeness (QED) is 0.784. The highest BCUT2D eigenvalue weighted by atomic mass is 35.5. The second kappa shape index (κ2) is 3.39. The first-order valence-corrected chi connectivity index (χ1v) is 7.06. The fraction of sp³-hybridized carbons (Fsp3) is 0.333. The molecule has 0 saturated carbocycles. The Labute approximate surface area is 101 Å². The predicted octanol–water partition coefficient (Wildman–Crippen LogP) is 1.19. The van der Waals surface area contributed by atoms with Crippen LogP contribution >= 0.6 is 11.6 Å². The van der Waals surface area contributed by atoms with Crippen LogP contribution in [0, 0.1) is 5.82 Å². The molecule has 2 heterocycles. The van der Waals surface area contributed by atoms with Crippen molar-refractivity contribution in [2.45, 2.75) is 6.04 Å². The van der Waals surface area contributed by atoms with Crippen LogP contribution in [0.15, 0.2) is 12.1 Å². The predicted molar refractivity (Wildman–Crippen MR) is 60.2 cm³/mol. The van der Waals surface area contributed by atoms with Gasteiger partial charge in [-0.05, 0) is 6.07 Å². The summed E-state index contributed by atoms with van der Waals surface area (Å²) in [6, 6.07) is 2.34. The zero-order valence-electron chi connectivity index (χ0n) is 8.47. The van der Waals surface area contributed by atoms with Crippen LogP contribution in [0.4, 0.5) is 4.39 Å². The van der Waals surface area contributed by atoms with Crippen LogP contribution in [0.2, 0.25) is 5.02 Å². The Morgan fingerprint density at radius 3 is 2.76 bits per heavy atom. The topological polar surface area (TPSA) is 64.8 Å². The number of benzene rings is 1. The Hall–Kier alpha value is -1.21. The molecule has 90 valence electrons. The van der Waals surface area contributed by atoms with Gasteiger partial charge in [0, 0.05) is 6.07 Å². The van der Waals surface area contributed by atoms with Crippen molar-refractivity contribution in [1.82, 2.24) is 15.0 Å². The number of nitrogens with zero attached hydrogens (tertiary/aromatic N) is 3. The van der Waals surface area contributed by atoms with Gasteiger partial charge in [0.25, 0.3) is 0 Å². The van der Waals surface area contributed by atoms with Crippen LogP contribution in [0.1, 0.15) is 6.04 Å². The molecule has 17 heavy (non-hydrogen) atoms. The van der Waals surface area contributed by atoms with Crippen LogP contribution in [0.25, 0.3) is 11.0 Å². The van der Waals surface area contributed by atoms with Crippen molar-refractivity contribution >= 4 is 32.5 Å². The van der Waals surface area contributed by atoms with Gasteiger partial charge in [-0.25, -0.2) is 17.5 Å². The molecular weight excluding hydrogens is 269 g/mol. The van der Waals surface area contributed by atoms with Crippen molar-refractivity contribution < 1.29 is 12.8 Å². The van der Waals surface area contributed by atoms with Gasteiger partial charge in [0.1, 0.15) is 11.3 Å². The van der Waals surface area contributed by atoms with Gasteiger partial charge in [0.15, 0.2) is 9.84 Å². The average molecular weight is 276 g/mol. The maximum Gasteiger partial charge on any atom is 0.154 e. The van der Waals surface area contributed by atoms with Gasteiger partial charge in [-0.3, -0.25) is 0 Å². The molecule has 1 aromatic heterocycles. The molecule has 5 nitrogen and oxygen atoms in total. The number of aromatic nitrogens is 3. The van der Waals surface area contributed by atoms with Crippen LogP contribution in [-0.4, -0.2) is 34.9 Å². The summed E-state index contributed by atoms with van der Waals surface area (Å²) in [4.78, 5) is 0. The van der Waals surface area contributed by atoms with Crippen LogP contribution in [-0.2, 0) is 9.84 Å². The van der Waals surface area contributed by atoms with E-state index in [4.69, 9.17) is 11.6 Å². The fourth-order valence-electron chi connectivity index (χ4n) is 1.88. The molecule has 0 N–H and O–H groups in total. The Morgan fingerprint density at radius 1 is 1.41 bits per heavy atom. The molecule has 2 aromatic rings. The first-order chi connectivity index (χ1) is 7.96. The maximum atomic E-state index is 13.3. The summed E-state index contributed by atoms with van der Waals surface area (Å²) < 4.78 is 37.0. The summed E-state index contributed by atoms with van der Waals surface area (Å²) in [7, 11) is -2.95. The highest BCUT2D eigenvalue weighted by Crippen LogP contribution is 2.28. The van der Waals surface area contributed by atoms with E-state index in [1.807, 2.05) is 0 Å². The van der Waals surface area contributed by atoms with E-state index in [1.165, 1.54) is 16.8 Å². The van der Waals surface area contributed by atoms with Gasteiger partial charge in [-0.2, -0.15) is 0 Å². The Balaban J connectivity index is 2.10. The van der Waals surface area contributed by atoms with Crippen molar-refractivity contribution in [2.24, 2.45) is 0 Å². The molecule has 0 atom stereocenters. The lowest BCUT2D eigenvalue weighted by Crippen LogP contribution is -2.38. The molecular formula is C9H7ClFN3O2S. The molecule has 1 aliphatic heterocycles. The molecule has 0 unspecified atom stereocenters. The summed E-state index contributed by atoms with van der Waals surface area (Å²) in [6.07, 6.45) is 0. The van der Waals surface area contributed by atoms with E-state index in [0.29, 0.717) is 11.0 Å². The minimum Gasteiger partial charge on any atom is -0.239 e. The highest BCUT2D eigenvalue weighted by Gasteiger charge is 2.36. The van der Waals surface area contributed by atoms with Gasteiger partial charge in [-0.1, -0.05) is 16.8 Å². The third-order valence-electron chi connectivity index (χ3n) is 2.75. The second-order valence-corrected chi connectivity index (χ2v) is 6.58. The third kappa shape index (κ3) is 1.69. The lowest BCUT2D eigenvalue weighted by atomic mass is 10.3. The monoisotopic (exact) mass is 275 g/mol. The van der Waals surface area contributed by atoms with Crippen molar-refractivity contribution in [3.8, 4) is 0 Å². The van der Waals surface area contributed by atoms with Crippen molar-refractivity contribution in [3.63, 3.8) is 0 Å². The van der Waals surface area contributed by atoms with Gasteiger partial charge in [-0.15, -0.1) is 5.10 Å². The minimum atomic E-state index is -2.95. The van der Waals surface area contributed by atoms with E-state index in [-0.39, 0.29) is 22.6 Å². The molecule has 1 fully saturated rings. The molecule has 1 aliphatic rings. The van der Waals surface area contributed by atoms with Crippen molar-refractivity contribution in [1.29, 1.82) is 0 Å². The average Bonchev–Trinajstić information content (AvgIpc) is 2.58. The Kier molecular flexibility index (Phi) is 2.18. The van der Waals surface area contributed by atoms with E-state index in [2.05, 4.69) is 10.3 Å². The van der Waals surface area contributed by atoms with E-state index in [0.717, 1.165) is 0 Å².